The summed E-state index contributed by atoms with van der Waals surface area (Å²) in [5.74, 6) is 1.74. The summed E-state index contributed by atoms with van der Waals surface area (Å²) in [5, 5.41) is 11.4. The van der Waals surface area contributed by atoms with Gasteiger partial charge in [0.05, 0.1) is 45.3 Å². The summed E-state index contributed by atoms with van der Waals surface area (Å²) in [6.45, 7) is 0.737. The molecule has 0 unspecified atom stereocenters. The minimum Gasteiger partial charge on any atom is -0.493 e. The number of nitriles is 1. The fraction of sp³-hybridized carbons (Fsp3) is 0.324. The molecule has 3 aromatic heterocycles. The minimum absolute atomic E-state index is 0.0107. The molecule has 2 aromatic carbocycles. The summed E-state index contributed by atoms with van der Waals surface area (Å²) in [6.07, 6.45) is 6.50. The van der Waals surface area contributed by atoms with Crippen molar-refractivity contribution in [2.24, 2.45) is 0 Å². The Labute approximate surface area is 274 Å². The Balaban J connectivity index is 1.33. The number of fused-ring (bicyclic) bond motifs is 3. The van der Waals surface area contributed by atoms with Crippen molar-refractivity contribution in [2.75, 3.05) is 27.1 Å². The quantitative estimate of drug-likeness (QED) is 0.100. The Hall–Kier alpha value is -4.60. The van der Waals surface area contributed by atoms with Crippen molar-refractivity contribution in [3.8, 4) is 34.6 Å². The number of aromatic nitrogens is 4. The van der Waals surface area contributed by atoms with Gasteiger partial charge in [0.15, 0.2) is 16.7 Å². The molecule has 6 rings (SSSR count). The molecule has 0 radical (unpaired) electrons. The lowest BCUT2D eigenvalue weighted by molar-refractivity contribution is 0.324. The number of rotatable bonds is 11. The van der Waals surface area contributed by atoms with Gasteiger partial charge in [0.2, 0.25) is 5.75 Å². The molecule has 0 saturated carbocycles. The van der Waals surface area contributed by atoms with Crippen LogP contribution in [0.5, 0.6) is 17.2 Å². The van der Waals surface area contributed by atoms with Crippen molar-refractivity contribution in [2.45, 2.75) is 50.4 Å². The zero-order valence-electron chi connectivity index (χ0n) is 25.9. The van der Waals surface area contributed by atoms with E-state index in [0.717, 1.165) is 41.5 Å². The van der Waals surface area contributed by atoms with Crippen molar-refractivity contribution in [3.63, 3.8) is 0 Å². The summed E-state index contributed by atoms with van der Waals surface area (Å²) in [5.41, 5.74) is 2.28. The SMILES string of the molecule is COc1cc(-c2nc(SCCCn3cnc4sc5c(c4c3=O)CCCC5)n(Cc3ccccc3)c(=O)c2C#N)cc(OC)c1OC. The number of aryl methyl sites for hydroxylation is 3. The van der Waals surface area contributed by atoms with Crippen LogP contribution in [0.2, 0.25) is 0 Å². The zero-order chi connectivity index (χ0) is 32.2. The van der Waals surface area contributed by atoms with Crippen molar-refractivity contribution in [3.05, 3.63) is 91.1 Å². The smallest absolute Gasteiger partial charge is 0.273 e. The third-order valence-electron chi connectivity index (χ3n) is 8.08. The van der Waals surface area contributed by atoms with E-state index in [1.54, 1.807) is 34.4 Å². The Kier molecular flexibility index (Phi) is 9.42. The molecule has 0 atom stereocenters. The molecule has 0 N–H and O–H groups in total. The van der Waals surface area contributed by atoms with Crippen LogP contribution in [0.1, 0.15) is 40.8 Å². The topological polar surface area (TPSA) is 121 Å². The third-order valence-corrected chi connectivity index (χ3v) is 10.3. The molecule has 0 amide bonds. The van der Waals surface area contributed by atoms with Gasteiger partial charge in [-0.2, -0.15) is 5.26 Å². The second-order valence-electron chi connectivity index (χ2n) is 10.9. The normalized spacial score (nSPS) is 12.5. The molecule has 0 spiro atoms. The summed E-state index contributed by atoms with van der Waals surface area (Å²) < 4.78 is 19.7. The highest BCUT2D eigenvalue weighted by molar-refractivity contribution is 7.99. The molecule has 10 nitrogen and oxygen atoms in total. The maximum absolute atomic E-state index is 13.9. The monoisotopic (exact) mass is 655 g/mol. The van der Waals surface area contributed by atoms with Crippen LogP contribution >= 0.6 is 23.1 Å². The molecule has 0 fully saturated rings. The van der Waals surface area contributed by atoms with E-state index < -0.39 is 5.56 Å². The van der Waals surface area contributed by atoms with E-state index in [1.807, 2.05) is 30.3 Å². The molecule has 1 aliphatic carbocycles. The van der Waals surface area contributed by atoms with Crippen LogP contribution in [0.4, 0.5) is 0 Å². The van der Waals surface area contributed by atoms with Crippen molar-refractivity contribution < 1.29 is 14.2 Å². The average molecular weight is 656 g/mol. The highest BCUT2D eigenvalue weighted by Crippen LogP contribution is 2.41. The summed E-state index contributed by atoms with van der Waals surface area (Å²) >= 11 is 3.06. The molecule has 0 aliphatic heterocycles. The maximum Gasteiger partial charge on any atom is 0.273 e. The summed E-state index contributed by atoms with van der Waals surface area (Å²) in [6, 6.07) is 15.0. The molecule has 236 valence electrons. The highest BCUT2D eigenvalue weighted by Gasteiger charge is 2.23. The average Bonchev–Trinajstić information content (AvgIpc) is 3.48. The van der Waals surface area contributed by atoms with Gasteiger partial charge in [0.1, 0.15) is 16.5 Å². The summed E-state index contributed by atoms with van der Waals surface area (Å²) in [4.78, 5) is 39.0. The first-order valence-corrected chi connectivity index (χ1v) is 16.8. The van der Waals surface area contributed by atoms with E-state index in [-0.39, 0.29) is 23.4 Å². The number of benzene rings is 2. The Morgan fingerprint density at radius 2 is 1.74 bits per heavy atom. The third kappa shape index (κ3) is 6.00. The van der Waals surface area contributed by atoms with Gasteiger partial charge in [0.25, 0.3) is 11.1 Å². The number of hydrogen-bond acceptors (Lipinski definition) is 10. The first-order valence-electron chi connectivity index (χ1n) is 15.0. The van der Waals surface area contributed by atoms with Gasteiger partial charge in [-0.25, -0.2) is 9.97 Å². The first-order chi connectivity index (χ1) is 22.5. The van der Waals surface area contributed by atoms with Crippen molar-refractivity contribution >= 4 is 33.3 Å². The van der Waals surface area contributed by atoms with Crippen LogP contribution in [0.25, 0.3) is 21.5 Å². The molecular weight excluding hydrogens is 623 g/mol. The number of thioether (sulfide) groups is 1. The first kappa shape index (κ1) is 31.4. The van der Waals surface area contributed by atoms with Gasteiger partial charge in [-0.1, -0.05) is 42.1 Å². The van der Waals surface area contributed by atoms with E-state index in [4.69, 9.17) is 19.2 Å². The molecule has 12 heteroatoms. The van der Waals surface area contributed by atoms with Gasteiger partial charge in [-0.05, 0) is 55.4 Å². The lowest BCUT2D eigenvalue weighted by atomic mass is 9.97. The molecule has 46 heavy (non-hydrogen) atoms. The number of nitrogens with zero attached hydrogens (tertiary/aromatic N) is 5. The molecule has 5 aromatic rings. The van der Waals surface area contributed by atoms with Crippen molar-refractivity contribution in [1.82, 2.24) is 19.1 Å². The number of hydrogen-bond donors (Lipinski definition) is 0. The molecular formula is C34H33N5O5S2. The lowest BCUT2D eigenvalue weighted by Crippen LogP contribution is -2.27. The van der Waals surface area contributed by atoms with Crippen LogP contribution in [-0.2, 0) is 25.9 Å². The maximum atomic E-state index is 13.9. The van der Waals surface area contributed by atoms with E-state index in [1.165, 1.54) is 48.1 Å². The minimum atomic E-state index is -0.444. The van der Waals surface area contributed by atoms with Crippen LogP contribution in [0, 0.1) is 11.3 Å². The highest BCUT2D eigenvalue weighted by atomic mass is 32.2. The zero-order valence-corrected chi connectivity index (χ0v) is 27.5. The predicted molar refractivity (Wildman–Crippen MR) is 180 cm³/mol. The van der Waals surface area contributed by atoms with Crippen LogP contribution in [0.15, 0.2) is 63.5 Å². The Morgan fingerprint density at radius 3 is 2.43 bits per heavy atom. The number of thiophene rings is 1. The van der Waals surface area contributed by atoms with E-state index in [2.05, 4.69) is 11.1 Å². The van der Waals surface area contributed by atoms with Crippen LogP contribution in [-0.4, -0.2) is 46.2 Å². The molecule has 1 aliphatic rings. The van der Waals surface area contributed by atoms with E-state index in [9.17, 15) is 14.9 Å². The number of methoxy groups -OCH3 is 3. The second-order valence-corrected chi connectivity index (χ2v) is 13.0. The standard InChI is InChI=1S/C34H33N5O5S2/c1-42-25-16-22(17-26(43-2)30(25)44-3)29-24(18-35)32(40)39(19-21-10-5-4-6-11-21)34(37-29)45-15-9-14-38-20-36-31-28(33(38)41)23-12-7-8-13-27(23)46-31/h4-6,10-11,16-17,20H,7-9,12-15,19H2,1-3H3. The Morgan fingerprint density at radius 1 is 1.00 bits per heavy atom. The van der Waals surface area contributed by atoms with Crippen LogP contribution in [0.3, 0.4) is 0 Å². The van der Waals surface area contributed by atoms with Gasteiger partial charge in [-0.3, -0.25) is 18.7 Å². The van der Waals surface area contributed by atoms with Gasteiger partial charge < -0.3 is 14.2 Å². The predicted octanol–water partition coefficient (Wildman–Crippen LogP) is 5.69. The lowest BCUT2D eigenvalue weighted by Gasteiger charge is -2.17. The second kappa shape index (κ2) is 13.8. The molecule has 3 heterocycles. The fourth-order valence-electron chi connectivity index (χ4n) is 5.82. The van der Waals surface area contributed by atoms with Crippen molar-refractivity contribution in [1.29, 1.82) is 5.26 Å². The Bertz CT molecular complexity index is 2040. The van der Waals surface area contributed by atoms with E-state index >= 15 is 0 Å². The van der Waals surface area contributed by atoms with Gasteiger partial charge >= 0.3 is 0 Å². The van der Waals surface area contributed by atoms with Crippen LogP contribution < -0.4 is 25.3 Å². The van der Waals surface area contributed by atoms with Gasteiger partial charge in [0, 0.05) is 22.7 Å². The van der Waals surface area contributed by atoms with Gasteiger partial charge in [-0.15, -0.1) is 11.3 Å². The largest absolute Gasteiger partial charge is 0.493 e. The van der Waals surface area contributed by atoms with E-state index in [0.29, 0.717) is 46.7 Å². The molecule has 0 saturated heterocycles. The molecule has 0 bridgehead atoms. The fourth-order valence-corrected chi connectivity index (χ4v) is 7.95. The number of ether oxygens (including phenoxy) is 3. The summed E-state index contributed by atoms with van der Waals surface area (Å²) in [7, 11) is 4.52.